The van der Waals surface area contributed by atoms with Crippen LogP contribution in [0.2, 0.25) is 0 Å². The molecule has 2 aromatic carbocycles. The van der Waals surface area contributed by atoms with Crippen LogP contribution >= 0.6 is 23.1 Å². The van der Waals surface area contributed by atoms with E-state index in [4.69, 9.17) is 4.98 Å². The van der Waals surface area contributed by atoms with Gasteiger partial charge in [0.2, 0.25) is 0 Å². The highest BCUT2D eigenvalue weighted by Crippen LogP contribution is 2.30. The van der Waals surface area contributed by atoms with Gasteiger partial charge in [0, 0.05) is 28.8 Å². The number of aromatic nitrogens is 4. The van der Waals surface area contributed by atoms with Gasteiger partial charge < -0.3 is 4.74 Å². The van der Waals surface area contributed by atoms with Gasteiger partial charge in [-0.3, -0.25) is 4.57 Å². The van der Waals surface area contributed by atoms with E-state index in [1.807, 2.05) is 10.6 Å². The lowest BCUT2D eigenvalue weighted by Gasteiger charge is -2.08. The first kappa shape index (κ1) is 22.2. The van der Waals surface area contributed by atoms with Crippen molar-refractivity contribution in [2.24, 2.45) is 0 Å². The van der Waals surface area contributed by atoms with Crippen molar-refractivity contribution in [1.82, 2.24) is 19.7 Å². The zero-order valence-corrected chi connectivity index (χ0v) is 18.9. The van der Waals surface area contributed by atoms with Crippen LogP contribution in [0.1, 0.15) is 11.3 Å². The molecule has 0 fully saturated rings. The zero-order chi connectivity index (χ0) is 22.5. The van der Waals surface area contributed by atoms with Crippen LogP contribution in [-0.4, -0.2) is 26.4 Å². The zero-order valence-electron chi connectivity index (χ0n) is 17.2. The molecule has 0 amide bonds. The summed E-state index contributed by atoms with van der Waals surface area (Å²) in [6.07, 6.45) is 1.77. The normalized spacial score (nSPS) is 11.1. The van der Waals surface area contributed by atoms with Gasteiger partial charge in [-0.25, -0.2) is 4.98 Å². The van der Waals surface area contributed by atoms with Gasteiger partial charge in [0.25, 0.3) is 0 Å². The highest BCUT2D eigenvalue weighted by atomic mass is 32.2. The Balaban J connectivity index is 1.50. The lowest BCUT2D eigenvalue weighted by molar-refractivity contribution is -0.0498. The third-order valence-corrected chi connectivity index (χ3v) is 6.47. The molecular weight excluding hydrogens is 450 g/mol. The number of allylic oxidation sites excluding steroid dienone is 1. The predicted molar refractivity (Wildman–Crippen MR) is 124 cm³/mol. The first-order valence-electron chi connectivity index (χ1n) is 9.77. The Hall–Kier alpha value is -3.04. The highest BCUT2D eigenvalue weighted by Gasteiger charge is 2.15. The minimum Gasteiger partial charge on any atom is -0.435 e. The van der Waals surface area contributed by atoms with Gasteiger partial charge in [-0.05, 0) is 37.3 Å². The van der Waals surface area contributed by atoms with Gasteiger partial charge in [0.1, 0.15) is 10.8 Å². The maximum absolute atomic E-state index is 12.4. The summed E-state index contributed by atoms with van der Waals surface area (Å²) >= 11 is 3.16. The van der Waals surface area contributed by atoms with E-state index in [1.54, 1.807) is 41.3 Å². The molecule has 4 rings (SSSR count). The molecule has 0 aliphatic rings. The Morgan fingerprint density at radius 2 is 1.97 bits per heavy atom. The second-order valence-electron chi connectivity index (χ2n) is 6.91. The third-order valence-electron chi connectivity index (χ3n) is 4.53. The van der Waals surface area contributed by atoms with Crippen molar-refractivity contribution >= 4 is 23.1 Å². The van der Waals surface area contributed by atoms with Crippen molar-refractivity contribution in [3.8, 4) is 27.7 Å². The van der Waals surface area contributed by atoms with Crippen LogP contribution in [0.15, 0.2) is 71.7 Å². The number of hydrogen-bond donors (Lipinski definition) is 0. The maximum Gasteiger partial charge on any atom is 0.387 e. The van der Waals surface area contributed by atoms with Crippen LogP contribution in [0.5, 0.6) is 5.75 Å². The molecule has 4 aromatic rings. The predicted octanol–water partition coefficient (Wildman–Crippen LogP) is 6.46. The number of nitrogens with zero attached hydrogens (tertiary/aromatic N) is 4. The lowest BCUT2D eigenvalue weighted by atomic mass is 10.1. The van der Waals surface area contributed by atoms with E-state index in [0.717, 1.165) is 27.0 Å². The van der Waals surface area contributed by atoms with Crippen molar-refractivity contribution in [2.45, 2.75) is 31.0 Å². The van der Waals surface area contributed by atoms with E-state index in [1.165, 1.54) is 17.7 Å². The fourth-order valence-electron chi connectivity index (χ4n) is 3.11. The fraction of sp³-hybridized carbons (Fsp3) is 0.174. The summed E-state index contributed by atoms with van der Waals surface area (Å²) in [6, 6.07) is 14.6. The van der Waals surface area contributed by atoms with Gasteiger partial charge in [-0.2, -0.15) is 8.78 Å². The first-order chi connectivity index (χ1) is 15.5. The van der Waals surface area contributed by atoms with Crippen LogP contribution in [0.3, 0.4) is 0 Å². The summed E-state index contributed by atoms with van der Waals surface area (Å²) in [4.78, 5) is 4.76. The molecule has 0 atom stereocenters. The number of ether oxygens (including phenoxy) is 1. The Morgan fingerprint density at radius 3 is 2.69 bits per heavy atom. The number of halogens is 2. The molecule has 0 radical (unpaired) electrons. The number of alkyl halides is 2. The van der Waals surface area contributed by atoms with E-state index in [9.17, 15) is 8.78 Å². The average molecular weight is 471 g/mol. The quantitative estimate of drug-likeness (QED) is 0.208. The van der Waals surface area contributed by atoms with E-state index in [0.29, 0.717) is 18.1 Å². The molecule has 5 nitrogen and oxygen atoms in total. The van der Waals surface area contributed by atoms with Crippen LogP contribution in [0.25, 0.3) is 22.0 Å². The average Bonchev–Trinajstić information content (AvgIpc) is 3.40. The standard InChI is InChI=1S/C23H20F2N4OS2/c1-3-11-29-20(16-7-9-19(10-8-16)30-22(24)25)27-28-23(29)32-14-18-13-31-21(26-18)17-6-4-5-15(2)12-17/h3-10,12-13,22H,1,11,14H2,2H3. The topological polar surface area (TPSA) is 52.8 Å². The van der Waals surface area contributed by atoms with Crippen molar-refractivity contribution in [3.63, 3.8) is 0 Å². The summed E-state index contributed by atoms with van der Waals surface area (Å²) in [7, 11) is 0. The van der Waals surface area contributed by atoms with Gasteiger partial charge in [-0.15, -0.1) is 28.1 Å². The molecule has 0 spiro atoms. The number of rotatable bonds is 9. The van der Waals surface area contributed by atoms with Crippen LogP contribution in [0.4, 0.5) is 8.78 Å². The Labute approximate surface area is 192 Å². The minimum atomic E-state index is -2.86. The summed E-state index contributed by atoms with van der Waals surface area (Å²) in [5.74, 6) is 1.38. The number of hydrogen-bond acceptors (Lipinski definition) is 6. The van der Waals surface area contributed by atoms with E-state index >= 15 is 0 Å². The molecule has 0 aliphatic carbocycles. The summed E-state index contributed by atoms with van der Waals surface area (Å²) in [5, 5.41) is 12.4. The Morgan fingerprint density at radius 1 is 1.16 bits per heavy atom. The number of benzene rings is 2. The molecule has 0 aliphatic heterocycles. The lowest BCUT2D eigenvalue weighted by Crippen LogP contribution is -2.02. The molecule has 2 aromatic heterocycles. The van der Waals surface area contributed by atoms with E-state index in [-0.39, 0.29) is 5.75 Å². The first-order valence-corrected chi connectivity index (χ1v) is 11.6. The second-order valence-corrected chi connectivity index (χ2v) is 8.71. The SMILES string of the molecule is C=CCn1c(SCc2csc(-c3cccc(C)c3)n2)nnc1-c1ccc(OC(F)F)cc1. The van der Waals surface area contributed by atoms with Gasteiger partial charge in [0.05, 0.1) is 5.69 Å². The molecule has 164 valence electrons. The Kier molecular flexibility index (Phi) is 6.96. The molecule has 0 saturated carbocycles. The van der Waals surface area contributed by atoms with Gasteiger partial charge >= 0.3 is 6.61 Å². The molecule has 0 saturated heterocycles. The van der Waals surface area contributed by atoms with Crippen molar-refractivity contribution in [2.75, 3.05) is 0 Å². The molecular formula is C23H20F2N4OS2. The molecule has 9 heteroatoms. The summed E-state index contributed by atoms with van der Waals surface area (Å²) in [6.45, 7) is 3.55. The second kappa shape index (κ2) is 10.1. The monoisotopic (exact) mass is 470 g/mol. The molecule has 0 unspecified atom stereocenters. The van der Waals surface area contributed by atoms with Crippen LogP contribution in [-0.2, 0) is 12.3 Å². The molecule has 0 N–H and O–H groups in total. The maximum atomic E-state index is 12.4. The fourth-order valence-corrected chi connectivity index (χ4v) is 4.87. The summed E-state index contributed by atoms with van der Waals surface area (Å²) in [5.41, 5.74) is 4.04. The smallest absolute Gasteiger partial charge is 0.387 e. The highest BCUT2D eigenvalue weighted by molar-refractivity contribution is 7.98. The van der Waals surface area contributed by atoms with E-state index < -0.39 is 6.61 Å². The third kappa shape index (κ3) is 5.23. The minimum absolute atomic E-state index is 0.0982. The largest absolute Gasteiger partial charge is 0.435 e. The number of thioether (sulfide) groups is 1. The van der Waals surface area contributed by atoms with Crippen molar-refractivity contribution < 1.29 is 13.5 Å². The molecule has 32 heavy (non-hydrogen) atoms. The van der Waals surface area contributed by atoms with E-state index in [2.05, 4.69) is 52.0 Å². The van der Waals surface area contributed by atoms with Crippen molar-refractivity contribution in [3.05, 3.63) is 77.8 Å². The molecule has 2 heterocycles. The number of aryl methyl sites for hydroxylation is 1. The van der Waals surface area contributed by atoms with Crippen LogP contribution < -0.4 is 4.74 Å². The Bertz CT molecular complexity index is 1200. The van der Waals surface area contributed by atoms with Crippen LogP contribution in [0, 0.1) is 6.92 Å². The molecule has 0 bridgehead atoms. The summed E-state index contributed by atoms with van der Waals surface area (Å²) < 4.78 is 31.1. The van der Waals surface area contributed by atoms with Crippen molar-refractivity contribution in [1.29, 1.82) is 0 Å². The van der Waals surface area contributed by atoms with Gasteiger partial charge in [0.15, 0.2) is 11.0 Å². The number of thiazole rings is 1. The van der Waals surface area contributed by atoms with Gasteiger partial charge in [-0.1, -0.05) is 41.6 Å².